The third-order valence-corrected chi connectivity index (χ3v) is 6.35. The maximum Gasteiger partial charge on any atom is 0.261 e. The van der Waals surface area contributed by atoms with E-state index in [0.717, 1.165) is 56.9 Å². The lowest BCUT2D eigenvalue weighted by Gasteiger charge is -2.38. The molecule has 2 aliphatic carbocycles. The van der Waals surface area contributed by atoms with E-state index in [1.54, 1.807) is 7.11 Å². The molecule has 1 N–H and O–H groups in total. The van der Waals surface area contributed by atoms with Crippen molar-refractivity contribution in [3.8, 4) is 11.5 Å². The van der Waals surface area contributed by atoms with Gasteiger partial charge in [0.2, 0.25) is 5.91 Å². The molecular weight excluding hydrogens is 356 g/mol. The predicted molar refractivity (Wildman–Crippen MR) is 105 cm³/mol. The highest BCUT2D eigenvalue weighted by Gasteiger charge is 2.41. The van der Waals surface area contributed by atoms with E-state index in [1.165, 1.54) is 6.42 Å². The molecule has 2 fully saturated rings. The fourth-order valence-corrected chi connectivity index (χ4v) is 4.96. The predicted octanol–water partition coefficient (Wildman–Crippen LogP) is 3.35. The van der Waals surface area contributed by atoms with Crippen LogP contribution >= 0.6 is 0 Å². The maximum absolute atomic E-state index is 13.5. The summed E-state index contributed by atoms with van der Waals surface area (Å²) in [5.74, 6) is 0.875. The van der Waals surface area contributed by atoms with Crippen molar-refractivity contribution in [2.24, 2.45) is 0 Å². The maximum atomic E-state index is 13.5. The molecular formula is C22H30N2O4. The molecule has 6 nitrogen and oxygen atoms in total. The van der Waals surface area contributed by atoms with Crippen LogP contribution in [0.3, 0.4) is 0 Å². The van der Waals surface area contributed by atoms with Gasteiger partial charge in [0.1, 0.15) is 6.04 Å². The monoisotopic (exact) mass is 386 g/mol. The number of para-hydroxylation sites is 1. The second kappa shape index (κ2) is 8.41. The Morgan fingerprint density at radius 3 is 2.54 bits per heavy atom. The van der Waals surface area contributed by atoms with Crippen molar-refractivity contribution >= 4 is 11.8 Å². The summed E-state index contributed by atoms with van der Waals surface area (Å²) in [6.07, 6.45) is 9.58. The summed E-state index contributed by atoms with van der Waals surface area (Å²) in [6, 6.07) is 5.20. The van der Waals surface area contributed by atoms with Gasteiger partial charge in [-0.3, -0.25) is 9.59 Å². The van der Waals surface area contributed by atoms with Gasteiger partial charge in [-0.2, -0.15) is 0 Å². The van der Waals surface area contributed by atoms with Gasteiger partial charge < -0.3 is 19.7 Å². The molecule has 0 radical (unpaired) electrons. The standard InChI is InChI=1S/C22H30N2O4/c1-27-18-13-7-12-17-20(22(26)23-15-8-5-6-9-15)24(16-10-3-2-4-11-16)19(25)14-28-21(17)18/h7,12-13,15-16,20H,2-6,8-11,14H2,1H3,(H,23,26). The Morgan fingerprint density at radius 1 is 1.11 bits per heavy atom. The molecule has 0 aromatic heterocycles. The first-order valence-electron chi connectivity index (χ1n) is 10.6. The molecule has 1 aromatic carbocycles. The number of rotatable bonds is 4. The van der Waals surface area contributed by atoms with Crippen LogP contribution in [-0.2, 0) is 9.59 Å². The number of carbonyl (C=O) groups is 2. The minimum absolute atomic E-state index is 0.0585. The van der Waals surface area contributed by atoms with E-state index < -0.39 is 6.04 Å². The largest absolute Gasteiger partial charge is 0.493 e. The van der Waals surface area contributed by atoms with E-state index in [2.05, 4.69) is 5.32 Å². The summed E-state index contributed by atoms with van der Waals surface area (Å²) in [6.45, 7) is -0.0585. The number of hydrogen-bond acceptors (Lipinski definition) is 4. The van der Waals surface area contributed by atoms with Crippen LogP contribution in [-0.4, -0.2) is 42.5 Å². The molecule has 1 aromatic rings. The van der Waals surface area contributed by atoms with Gasteiger partial charge in [-0.15, -0.1) is 0 Å². The fourth-order valence-electron chi connectivity index (χ4n) is 4.96. The zero-order valence-electron chi connectivity index (χ0n) is 16.6. The van der Waals surface area contributed by atoms with Crippen molar-refractivity contribution in [1.82, 2.24) is 10.2 Å². The summed E-state index contributed by atoms with van der Waals surface area (Å²) in [7, 11) is 1.58. The zero-order chi connectivity index (χ0) is 19.5. The quantitative estimate of drug-likeness (QED) is 0.862. The van der Waals surface area contributed by atoms with Crippen LogP contribution in [0, 0.1) is 0 Å². The smallest absolute Gasteiger partial charge is 0.261 e. The van der Waals surface area contributed by atoms with E-state index in [9.17, 15) is 9.59 Å². The van der Waals surface area contributed by atoms with E-state index in [-0.39, 0.29) is 30.5 Å². The van der Waals surface area contributed by atoms with Gasteiger partial charge in [0.15, 0.2) is 18.1 Å². The lowest BCUT2D eigenvalue weighted by molar-refractivity contribution is -0.145. The van der Waals surface area contributed by atoms with Gasteiger partial charge >= 0.3 is 0 Å². The molecule has 152 valence electrons. The highest BCUT2D eigenvalue weighted by Crippen LogP contribution is 2.41. The molecule has 4 rings (SSSR count). The van der Waals surface area contributed by atoms with Crippen molar-refractivity contribution in [2.45, 2.75) is 75.9 Å². The summed E-state index contributed by atoms with van der Waals surface area (Å²) in [5.41, 5.74) is 0.728. The van der Waals surface area contributed by atoms with Gasteiger partial charge in [-0.1, -0.05) is 44.2 Å². The molecule has 1 atom stereocenters. The average Bonchev–Trinajstić information content (AvgIpc) is 3.18. The van der Waals surface area contributed by atoms with Crippen molar-refractivity contribution in [3.63, 3.8) is 0 Å². The van der Waals surface area contributed by atoms with Gasteiger partial charge in [-0.05, 0) is 31.7 Å². The summed E-state index contributed by atoms with van der Waals surface area (Å²) < 4.78 is 11.3. The number of hydrogen-bond donors (Lipinski definition) is 1. The van der Waals surface area contributed by atoms with Crippen LogP contribution in [0.25, 0.3) is 0 Å². The molecule has 0 saturated heterocycles. The SMILES string of the molecule is COc1cccc2c1OCC(=O)N(C1CCCCC1)C2C(=O)NC1CCCC1. The number of fused-ring (bicyclic) bond motifs is 1. The van der Waals surface area contributed by atoms with Crippen molar-refractivity contribution in [1.29, 1.82) is 0 Å². The van der Waals surface area contributed by atoms with E-state index >= 15 is 0 Å². The normalized spacial score (nSPS) is 23.7. The number of amides is 2. The lowest BCUT2D eigenvalue weighted by Crippen LogP contribution is -2.50. The Bertz CT molecular complexity index is 723. The van der Waals surface area contributed by atoms with Crippen LogP contribution in [0.4, 0.5) is 0 Å². The average molecular weight is 386 g/mol. The minimum Gasteiger partial charge on any atom is -0.493 e. The first-order chi connectivity index (χ1) is 13.7. The van der Waals surface area contributed by atoms with E-state index in [1.807, 2.05) is 23.1 Å². The highest BCUT2D eigenvalue weighted by atomic mass is 16.5. The van der Waals surface area contributed by atoms with Crippen LogP contribution < -0.4 is 14.8 Å². The molecule has 0 bridgehead atoms. The summed E-state index contributed by atoms with van der Waals surface area (Å²) >= 11 is 0. The second-order valence-electron chi connectivity index (χ2n) is 8.15. The number of carbonyl (C=O) groups excluding carboxylic acids is 2. The molecule has 3 aliphatic rings. The fraction of sp³-hybridized carbons (Fsp3) is 0.636. The first-order valence-corrected chi connectivity index (χ1v) is 10.6. The number of ether oxygens (including phenoxy) is 2. The Kier molecular flexibility index (Phi) is 5.74. The third-order valence-electron chi connectivity index (χ3n) is 6.35. The molecule has 28 heavy (non-hydrogen) atoms. The topological polar surface area (TPSA) is 67.9 Å². The van der Waals surface area contributed by atoms with Gasteiger partial charge in [0, 0.05) is 17.6 Å². The highest BCUT2D eigenvalue weighted by molar-refractivity contribution is 5.91. The number of nitrogens with one attached hydrogen (secondary N) is 1. The molecule has 6 heteroatoms. The van der Waals surface area contributed by atoms with E-state index in [0.29, 0.717) is 11.5 Å². The molecule has 2 saturated carbocycles. The molecule has 1 aliphatic heterocycles. The molecule has 1 unspecified atom stereocenters. The Labute approximate surface area is 166 Å². The Hall–Kier alpha value is -2.24. The summed E-state index contributed by atoms with van der Waals surface area (Å²) in [4.78, 5) is 28.4. The van der Waals surface area contributed by atoms with Crippen LogP contribution in [0.2, 0.25) is 0 Å². The van der Waals surface area contributed by atoms with Crippen LogP contribution in [0.15, 0.2) is 18.2 Å². The van der Waals surface area contributed by atoms with Gasteiger partial charge in [0.05, 0.1) is 7.11 Å². The molecule has 2 amide bonds. The van der Waals surface area contributed by atoms with Crippen molar-refractivity contribution in [3.05, 3.63) is 23.8 Å². The lowest BCUT2D eigenvalue weighted by atomic mass is 9.91. The number of benzene rings is 1. The Balaban J connectivity index is 1.73. The number of methoxy groups -OCH3 is 1. The second-order valence-corrected chi connectivity index (χ2v) is 8.15. The zero-order valence-corrected chi connectivity index (χ0v) is 16.6. The Morgan fingerprint density at radius 2 is 1.82 bits per heavy atom. The van der Waals surface area contributed by atoms with Gasteiger partial charge in [0.25, 0.3) is 5.91 Å². The van der Waals surface area contributed by atoms with Gasteiger partial charge in [-0.25, -0.2) is 0 Å². The molecule has 0 spiro atoms. The molecule has 1 heterocycles. The van der Waals surface area contributed by atoms with Crippen LogP contribution in [0.1, 0.15) is 69.4 Å². The van der Waals surface area contributed by atoms with Crippen LogP contribution in [0.5, 0.6) is 11.5 Å². The van der Waals surface area contributed by atoms with E-state index in [4.69, 9.17) is 9.47 Å². The third kappa shape index (κ3) is 3.69. The minimum atomic E-state index is -0.663. The van der Waals surface area contributed by atoms with Crippen molar-refractivity contribution in [2.75, 3.05) is 13.7 Å². The first kappa shape index (κ1) is 19.1. The van der Waals surface area contributed by atoms with Crippen molar-refractivity contribution < 1.29 is 19.1 Å². The summed E-state index contributed by atoms with van der Waals surface area (Å²) in [5, 5.41) is 3.22. The number of nitrogens with zero attached hydrogens (tertiary/aromatic N) is 1.